The van der Waals surface area contributed by atoms with Gasteiger partial charge in [-0.1, -0.05) is 24.3 Å². The number of esters is 1. The van der Waals surface area contributed by atoms with Crippen LogP contribution in [0.1, 0.15) is 5.56 Å². The van der Waals surface area contributed by atoms with Crippen molar-refractivity contribution >= 4 is 40.9 Å². The Bertz CT molecular complexity index is 1310. The van der Waals surface area contributed by atoms with Crippen LogP contribution in [0.3, 0.4) is 0 Å². The first kappa shape index (κ1) is 26.0. The fourth-order valence-electron chi connectivity index (χ4n) is 3.73. The van der Waals surface area contributed by atoms with Gasteiger partial charge >= 0.3 is 18.2 Å². The summed E-state index contributed by atoms with van der Waals surface area (Å²) in [6.07, 6.45) is -5.93. The second kappa shape index (κ2) is 10.4. The van der Waals surface area contributed by atoms with E-state index in [4.69, 9.17) is 9.47 Å². The summed E-state index contributed by atoms with van der Waals surface area (Å²) in [5, 5.41) is 3.26. The summed E-state index contributed by atoms with van der Waals surface area (Å²) in [7, 11) is 1.60. The highest BCUT2D eigenvalue weighted by Gasteiger charge is 2.34. The number of cyclic esters (lactones) is 1. The number of fused-ring (bicyclic) bond motifs is 1. The number of aromatic amines is 1. The van der Waals surface area contributed by atoms with Crippen molar-refractivity contribution in [2.45, 2.75) is 12.3 Å². The Hall–Kier alpha value is -3.57. The van der Waals surface area contributed by atoms with Gasteiger partial charge in [0.1, 0.15) is 6.61 Å². The standard InChI is InChI=1S/C23H20F3N3O5.ClH/c1-27-10-20(30)33-12-15-11-29(22(32)34-15)14-7-6-13-8-19(28-21(31)17(13)9-14)16-4-2-3-5-18(16)23(24,25)26;/h2-9,15,27H,10-12H2,1H3,(H,28,31);1H/t15-;/m1./s1. The molecule has 1 aromatic heterocycles. The molecule has 1 aliphatic rings. The number of carbonyl (C=O) groups excluding carboxylic acids is 2. The molecular weight excluding hydrogens is 491 g/mol. The molecule has 1 saturated heterocycles. The number of H-pyrrole nitrogens is 1. The SMILES string of the molecule is CNCC(=O)OC[C@H]1CN(c2ccc3cc(-c4ccccc4C(F)(F)F)[nH]c(=O)c3c2)C(=O)O1.Cl. The topological polar surface area (TPSA) is 101 Å². The van der Waals surface area contributed by atoms with Gasteiger partial charge in [0, 0.05) is 22.3 Å². The molecule has 1 aliphatic heterocycles. The van der Waals surface area contributed by atoms with E-state index in [0.717, 1.165) is 6.07 Å². The number of benzene rings is 2. The van der Waals surface area contributed by atoms with Crippen LogP contribution in [0, 0.1) is 0 Å². The fraction of sp³-hybridized carbons (Fsp3) is 0.261. The van der Waals surface area contributed by atoms with Gasteiger partial charge in [-0.05, 0) is 36.7 Å². The quantitative estimate of drug-likeness (QED) is 0.489. The number of hydrogen-bond acceptors (Lipinski definition) is 6. The summed E-state index contributed by atoms with van der Waals surface area (Å²) in [6.45, 7) is 0.0122. The molecule has 0 aliphatic carbocycles. The molecule has 8 nitrogen and oxygen atoms in total. The molecule has 2 N–H and O–H groups in total. The van der Waals surface area contributed by atoms with Gasteiger partial charge in [0.15, 0.2) is 6.10 Å². The lowest BCUT2D eigenvalue weighted by molar-refractivity contribution is -0.144. The fourth-order valence-corrected chi connectivity index (χ4v) is 3.73. The van der Waals surface area contributed by atoms with Gasteiger partial charge < -0.3 is 19.8 Å². The van der Waals surface area contributed by atoms with Crippen LogP contribution in [-0.4, -0.2) is 49.9 Å². The molecule has 0 unspecified atom stereocenters. The number of likely N-dealkylation sites (N-methyl/N-ethyl adjacent to an activating group) is 1. The monoisotopic (exact) mass is 511 g/mol. The Morgan fingerprint density at radius 1 is 1.20 bits per heavy atom. The van der Waals surface area contributed by atoms with E-state index >= 15 is 0 Å². The summed E-state index contributed by atoms with van der Waals surface area (Å²) in [6, 6.07) is 11.0. The highest BCUT2D eigenvalue weighted by molar-refractivity contribution is 5.94. The highest BCUT2D eigenvalue weighted by Crippen LogP contribution is 2.36. The van der Waals surface area contributed by atoms with E-state index in [9.17, 15) is 27.6 Å². The third-order valence-corrected chi connectivity index (χ3v) is 5.29. The number of ether oxygens (including phenoxy) is 2. The van der Waals surface area contributed by atoms with Crippen LogP contribution in [-0.2, 0) is 20.4 Å². The van der Waals surface area contributed by atoms with E-state index in [1.807, 2.05) is 0 Å². The van der Waals surface area contributed by atoms with Crippen LogP contribution in [0.15, 0.2) is 53.3 Å². The van der Waals surface area contributed by atoms with Crippen LogP contribution >= 0.6 is 12.4 Å². The number of amides is 1. The zero-order valence-electron chi connectivity index (χ0n) is 18.3. The van der Waals surface area contributed by atoms with Crippen molar-refractivity contribution in [1.29, 1.82) is 0 Å². The maximum Gasteiger partial charge on any atom is 0.417 e. The van der Waals surface area contributed by atoms with Gasteiger partial charge in [-0.3, -0.25) is 14.5 Å². The minimum atomic E-state index is -4.58. The number of nitrogens with one attached hydrogen (secondary N) is 2. The lowest BCUT2D eigenvalue weighted by atomic mass is 10.0. The highest BCUT2D eigenvalue weighted by atomic mass is 35.5. The molecule has 2 heterocycles. The third kappa shape index (κ3) is 5.57. The minimum absolute atomic E-state index is 0. The van der Waals surface area contributed by atoms with Crippen LogP contribution < -0.4 is 15.8 Å². The molecule has 186 valence electrons. The molecule has 12 heteroatoms. The Morgan fingerprint density at radius 2 is 1.94 bits per heavy atom. The summed E-state index contributed by atoms with van der Waals surface area (Å²) in [5.74, 6) is -0.489. The number of nitrogens with zero attached hydrogens (tertiary/aromatic N) is 1. The molecule has 4 rings (SSSR count). The second-order valence-electron chi connectivity index (χ2n) is 7.66. The minimum Gasteiger partial charge on any atom is -0.461 e. The Morgan fingerprint density at radius 3 is 2.66 bits per heavy atom. The average Bonchev–Trinajstić information content (AvgIpc) is 3.17. The van der Waals surface area contributed by atoms with E-state index in [1.165, 1.54) is 35.2 Å². The van der Waals surface area contributed by atoms with Gasteiger partial charge in [0.2, 0.25) is 0 Å². The number of carbonyl (C=O) groups is 2. The zero-order valence-corrected chi connectivity index (χ0v) is 19.2. The van der Waals surface area contributed by atoms with Gasteiger partial charge in [-0.2, -0.15) is 13.2 Å². The molecule has 1 fully saturated rings. The molecule has 1 amide bonds. The number of anilines is 1. The molecule has 35 heavy (non-hydrogen) atoms. The Labute approximate surface area is 203 Å². The summed E-state index contributed by atoms with van der Waals surface area (Å²) in [4.78, 5) is 40.3. The van der Waals surface area contributed by atoms with Gasteiger partial charge in [0.25, 0.3) is 5.56 Å². The van der Waals surface area contributed by atoms with Gasteiger partial charge in [-0.15, -0.1) is 12.4 Å². The Balaban J connectivity index is 0.00000342. The maximum absolute atomic E-state index is 13.4. The largest absolute Gasteiger partial charge is 0.461 e. The predicted molar refractivity (Wildman–Crippen MR) is 125 cm³/mol. The molecular formula is C23H21ClF3N3O5. The number of aromatic nitrogens is 1. The Kier molecular flexibility index (Phi) is 7.71. The summed E-state index contributed by atoms with van der Waals surface area (Å²) >= 11 is 0. The molecule has 0 bridgehead atoms. The number of alkyl halides is 3. The van der Waals surface area contributed by atoms with Gasteiger partial charge in [-0.25, -0.2) is 4.79 Å². The maximum atomic E-state index is 13.4. The third-order valence-electron chi connectivity index (χ3n) is 5.29. The summed E-state index contributed by atoms with van der Waals surface area (Å²) in [5.41, 5.74) is -1.20. The van der Waals surface area contributed by atoms with E-state index in [0.29, 0.717) is 11.1 Å². The van der Waals surface area contributed by atoms with E-state index in [1.54, 1.807) is 19.2 Å². The van der Waals surface area contributed by atoms with Gasteiger partial charge in [0.05, 0.1) is 18.7 Å². The average molecular weight is 512 g/mol. The first-order valence-electron chi connectivity index (χ1n) is 10.3. The lowest BCUT2D eigenvalue weighted by Gasteiger charge is -2.15. The lowest BCUT2D eigenvalue weighted by Crippen LogP contribution is -2.28. The van der Waals surface area contributed by atoms with Crippen molar-refractivity contribution in [3.05, 3.63) is 64.4 Å². The number of halogens is 4. The molecule has 0 spiro atoms. The predicted octanol–water partition coefficient (Wildman–Crippen LogP) is 3.72. The van der Waals surface area contributed by atoms with Crippen LogP contribution in [0.4, 0.5) is 23.7 Å². The molecule has 2 aromatic carbocycles. The zero-order chi connectivity index (χ0) is 24.5. The summed E-state index contributed by atoms with van der Waals surface area (Å²) < 4.78 is 50.5. The van der Waals surface area contributed by atoms with Crippen molar-refractivity contribution in [2.24, 2.45) is 0 Å². The van der Waals surface area contributed by atoms with Crippen LogP contribution in [0.5, 0.6) is 0 Å². The first-order valence-corrected chi connectivity index (χ1v) is 10.3. The van der Waals surface area contributed by atoms with E-state index in [2.05, 4.69) is 10.3 Å². The number of rotatable bonds is 6. The van der Waals surface area contributed by atoms with Crippen molar-refractivity contribution < 1.29 is 32.2 Å². The van der Waals surface area contributed by atoms with Crippen molar-refractivity contribution in [1.82, 2.24) is 10.3 Å². The van der Waals surface area contributed by atoms with Crippen LogP contribution in [0.25, 0.3) is 22.0 Å². The molecule has 0 radical (unpaired) electrons. The van der Waals surface area contributed by atoms with E-state index < -0.39 is 35.5 Å². The van der Waals surface area contributed by atoms with Crippen molar-refractivity contribution in [3.63, 3.8) is 0 Å². The van der Waals surface area contributed by atoms with Crippen molar-refractivity contribution in [2.75, 3.05) is 31.6 Å². The molecule has 0 saturated carbocycles. The van der Waals surface area contributed by atoms with E-state index in [-0.39, 0.29) is 48.7 Å². The first-order chi connectivity index (χ1) is 16.2. The molecule has 3 aromatic rings. The number of pyridine rings is 1. The second-order valence-corrected chi connectivity index (χ2v) is 7.66. The number of hydrogen-bond donors (Lipinski definition) is 2. The van der Waals surface area contributed by atoms with Crippen molar-refractivity contribution in [3.8, 4) is 11.3 Å². The smallest absolute Gasteiger partial charge is 0.417 e. The normalized spacial score (nSPS) is 15.6. The molecule has 1 atom stereocenters. The van der Waals surface area contributed by atoms with Crippen LogP contribution in [0.2, 0.25) is 0 Å².